The molecule has 0 radical (unpaired) electrons. The SMILES string of the molecule is CC(C)(C)OC(=O)N1CCC[C@@H](COCc2ccnc(Cl)n2)C1. The van der Waals surface area contributed by atoms with Crippen molar-refractivity contribution >= 4 is 17.7 Å². The van der Waals surface area contributed by atoms with Crippen molar-refractivity contribution in [3.05, 3.63) is 23.2 Å². The van der Waals surface area contributed by atoms with Crippen LogP contribution in [0.1, 0.15) is 39.3 Å². The molecule has 1 aromatic heterocycles. The molecule has 7 heteroatoms. The van der Waals surface area contributed by atoms with Crippen molar-refractivity contribution in [1.82, 2.24) is 14.9 Å². The number of amides is 1. The number of carbonyl (C=O) groups is 1. The van der Waals surface area contributed by atoms with Gasteiger partial charge in [-0.15, -0.1) is 0 Å². The summed E-state index contributed by atoms with van der Waals surface area (Å²) in [6.07, 6.45) is 3.37. The van der Waals surface area contributed by atoms with Crippen LogP contribution in [0.15, 0.2) is 12.3 Å². The van der Waals surface area contributed by atoms with E-state index in [0.717, 1.165) is 25.1 Å². The van der Waals surface area contributed by atoms with Gasteiger partial charge in [0.2, 0.25) is 5.28 Å². The fourth-order valence-electron chi connectivity index (χ4n) is 2.47. The van der Waals surface area contributed by atoms with Gasteiger partial charge >= 0.3 is 6.09 Å². The number of halogens is 1. The van der Waals surface area contributed by atoms with Crippen molar-refractivity contribution in [3.8, 4) is 0 Å². The quantitative estimate of drug-likeness (QED) is 0.786. The first-order valence-electron chi connectivity index (χ1n) is 7.86. The molecule has 1 aromatic rings. The summed E-state index contributed by atoms with van der Waals surface area (Å²) in [7, 11) is 0. The second kappa shape index (κ2) is 7.93. The number of hydrogen-bond acceptors (Lipinski definition) is 5. The zero-order chi connectivity index (χ0) is 16.9. The number of aromatic nitrogens is 2. The highest BCUT2D eigenvalue weighted by molar-refractivity contribution is 6.28. The lowest BCUT2D eigenvalue weighted by molar-refractivity contribution is 0.00567. The van der Waals surface area contributed by atoms with Crippen LogP contribution in [0.25, 0.3) is 0 Å². The lowest BCUT2D eigenvalue weighted by Crippen LogP contribution is -2.43. The van der Waals surface area contributed by atoms with Crippen LogP contribution in [-0.2, 0) is 16.1 Å². The number of hydrogen-bond donors (Lipinski definition) is 0. The zero-order valence-electron chi connectivity index (χ0n) is 13.9. The van der Waals surface area contributed by atoms with E-state index in [2.05, 4.69) is 9.97 Å². The average molecular weight is 342 g/mol. The van der Waals surface area contributed by atoms with Crippen LogP contribution in [0.4, 0.5) is 4.79 Å². The number of likely N-dealkylation sites (tertiary alicyclic amines) is 1. The minimum absolute atomic E-state index is 0.222. The van der Waals surface area contributed by atoms with Crippen molar-refractivity contribution in [1.29, 1.82) is 0 Å². The molecule has 2 heterocycles. The van der Waals surface area contributed by atoms with Crippen LogP contribution in [0, 0.1) is 5.92 Å². The monoisotopic (exact) mass is 341 g/mol. The summed E-state index contributed by atoms with van der Waals surface area (Å²) in [6.45, 7) is 8.02. The Bertz CT molecular complexity index is 534. The predicted octanol–water partition coefficient (Wildman–Crippen LogP) is 3.29. The Balaban J connectivity index is 1.76. The van der Waals surface area contributed by atoms with Crippen LogP contribution < -0.4 is 0 Å². The van der Waals surface area contributed by atoms with Gasteiger partial charge in [0.05, 0.1) is 18.9 Å². The maximum absolute atomic E-state index is 12.1. The van der Waals surface area contributed by atoms with Crippen molar-refractivity contribution in [3.63, 3.8) is 0 Å². The van der Waals surface area contributed by atoms with E-state index in [1.54, 1.807) is 17.2 Å². The summed E-state index contributed by atoms with van der Waals surface area (Å²) in [4.78, 5) is 21.8. The van der Waals surface area contributed by atoms with E-state index < -0.39 is 5.60 Å². The van der Waals surface area contributed by atoms with Crippen LogP contribution in [0.5, 0.6) is 0 Å². The highest BCUT2D eigenvalue weighted by Gasteiger charge is 2.27. The molecule has 0 bridgehead atoms. The van der Waals surface area contributed by atoms with Gasteiger partial charge in [-0.25, -0.2) is 14.8 Å². The Labute approximate surface area is 142 Å². The standard InChI is InChI=1S/C16H24ClN3O3/c1-16(2,3)23-15(21)20-8-4-5-12(9-20)10-22-11-13-6-7-18-14(17)19-13/h6-7,12H,4-5,8-11H2,1-3H3/t12-/m1/s1. The van der Waals surface area contributed by atoms with E-state index in [1.165, 1.54) is 0 Å². The smallest absolute Gasteiger partial charge is 0.410 e. The van der Waals surface area contributed by atoms with Gasteiger partial charge in [-0.2, -0.15) is 0 Å². The molecule has 0 saturated carbocycles. The van der Waals surface area contributed by atoms with Gasteiger partial charge in [0.25, 0.3) is 0 Å². The molecule has 0 aromatic carbocycles. The molecule has 0 unspecified atom stereocenters. The van der Waals surface area contributed by atoms with Gasteiger partial charge in [-0.1, -0.05) is 0 Å². The Morgan fingerprint density at radius 2 is 2.26 bits per heavy atom. The molecule has 0 spiro atoms. The fourth-order valence-corrected chi connectivity index (χ4v) is 2.64. The molecular formula is C16H24ClN3O3. The van der Waals surface area contributed by atoms with Crippen LogP contribution >= 0.6 is 11.6 Å². The van der Waals surface area contributed by atoms with E-state index in [4.69, 9.17) is 21.1 Å². The van der Waals surface area contributed by atoms with E-state index in [-0.39, 0.29) is 11.4 Å². The molecule has 1 amide bonds. The maximum atomic E-state index is 12.1. The first-order valence-corrected chi connectivity index (χ1v) is 8.24. The largest absolute Gasteiger partial charge is 0.444 e. The average Bonchev–Trinajstić information content (AvgIpc) is 2.46. The Kier molecular flexibility index (Phi) is 6.18. The Hall–Kier alpha value is -1.40. The van der Waals surface area contributed by atoms with E-state index in [0.29, 0.717) is 25.7 Å². The Morgan fingerprint density at radius 1 is 1.48 bits per heavy atom. The Morgan fingerprint density at radius 3 is 2.96 bits per heavy atom. The van der Waals surface area contributed by atoms with Crippen molar-refractivity contribution < 1.29 is 14.3 Å². The summed E-state index contributed by atoms with van der Waals surface area (Å²) in [5, 5.41) is 0.222. The molecule has 1 saturated heterocycles. The number of piperidine rings is 1. The second-order valence-electron chi connectivity index (χ2n) is 6.77. The van der Waals surface area contributed by atoms with Crippen LogP contribution in [-0.4, -0.2) is 46.3 Å². The van der Waals surface area contributed by atoms with E-state index in [1.807, 2.05) is 20.8 Å². The maximum Gasteiger partial charge on any atom is 0.410 e. The molecule has 0 N–H and O–H groups in total. The molecule has 0 aliphatic carbocycles. The molecular weight excluding hydrogens is 318 g/mol. The van der Waals surface area contributed by atoms with Gasteiger partial charge in [0, 0.05) is 25.2 Å². The molecule has 1 fully saturated rings. The minimum Gasteiger partial charge on any atom is -0.444 e. The summed E-state index contributed by atoms with van der Waals surface area (Å²) in [5.41, 5.74) is 0.289. The summed E-state index contributed by atoms with van der Waals surface area (Å²) in [5.74, 6) is 0.313. The first kappa shape index (κ1) is 17.9. The molecule has 1 aliphatic heterocycles. The molecule has 1 aliphatic rings. The normalized spacial score (nSPS) is 18.8. The number of carbonyl (C=O) groups excluding carboxylic acids is 1. The molecule has 23 heavy (non-hydrogen) atoms. The summed E-state index contributed by atoms with van der Waals surface area (Å²) < 4.78 is 11.1. The summed E-state index contributed by atoms with van der Waals surface area (Å²) >= 11 is 5.74. The number of rotatable bonds is 4. The van der Waals surface area contributed by atoms with Gasteiger partial charge in [0.15, 0.2) is 0 Å². The second-order valence-corrected chi connectivity index (χ2v) is 7.10. The van der Waals surface area contributed by atoms with E-state index in [9.17, 15) is 4.79 Å². The lowest BCUT2D eigenvalue weighted by atomic mass is 9.99. The molecule has 1 atom stereocenters. The molecule has 128 valence electrons. The summed E-state index contributed by atoms with van der Waals surface area (Å²) in [6, 6.07) is 1.78. The van der Waals surface area contributed by atoms with Gasteiger partial charge in [-0.3, -0.25) is 0 Å². The lowest BCUT2D eigenvalue weighted by Gasteiger charge is -2.34. The third kappa shape index (κ3) is 6.31. The fraction of sp³-hybridized carbons (Fsp3) is 0.688. The molecule has 2 rings (SSSR count). The van der Waals surface area contributed by atoms with Gasteiger partial charge in [0.1, 0.15) is 5.60 Å². The highest BCUT2D eigenvalue weighted by atomic mass is 35.5. The third-order valence-corrected chi connectivity index (χ3v) is 3.64. The van der Waals surface area contributed by atoms with Crippen molar-refractivity contribution in [2.75, 3.05) is 19.7 Å². The highest BCUT2D eigenvalue weighted by Crippen LogP contribution is 2.20. The van der Waals surface area contributed by atoms with Gasteiger partial charge in [-0.05, 0) is 51.3 Å². The van der Waals surface area contributed by atoms with Crippen molar-refractivity contribution in [2.24, 2.45) is 5.92 Å². The molecule has 6 nitrogen and oxygen atoms in total. The zero-order valence-corrected chi connectivity index (χ0v) is 14.7. The first-order chi connectivity index (χ1) is 10.8. The third-order valence-electron chi connectivity index (χ3n) is 3.46. The number of nitrogens with zero attached hydrogens (tertiary/aromatic N) is 3. The van der Waals surface area contributed by atoms with Gasteiger partial charge < -0.3 is 14.4 Å². The van der Waals surface area contributed by atoms with Crippen LogP contribution in [0.3, 0.4) is 0 Å². The van der Waals surface area contributed by atoms with E-state index >= 15 is 0 Å². The predicted molar refractivity (Wildman–Crippen MR) is 87.2 cm³/mol. The minimum atomic E-state index is -0.465. The topological polar surface area (TPSA) is 64.5 Å². The number of ether oxygens (including phenoxy) is 2. The van der Waals surface area contributed by atoms with Crippen molar-refractivity contribution in [2.45, 2.75) is 45.8 Å². The van der Waals surface area contributed by atoms with Crippen LogP contribution in [0.2, 0.25) is 5.28 Å².